The summed E-state index contributed by atoms with van der Waals surface area (Å²) in [6, 6.07) is 8.40. The molecule has 0 amide bonds. The highest BCUT2D eigenvalue weighted by atomic mass is 16.1. The van der Waals surface area contributed by atoms with Gasteiger partial charge in [0.05, 0.1) is 0 Å². The molecule has 0 aromatic heterocycles. The maximum absolute atomic E-state index is 10.9. The molecule has 1 heteroatoms. The summed E-state index contributed by atoms with van der Waals surface area (Å²) in [4.78, 5) is 10.9. The monoisotopic (exact) mass is 224 g/mol. The molecule has 86 valence electrons. The standard InChI is InChI=1S/C16H16O/c1-2-5-14(12-17)10-13-8-9-15-6-3-4-7-16(15)11-13/h2-4,6-7,10-12H,1,5,8-9H2/b14-10+. The fraction of sp³-hybridized carbons (Fsp3) is 0.188. The number of fused-ring (bicyclic) bond motifs is 1. The highest BCUT2D eigenvalue weighted by Gasteiger charge is 2.08. The second-order valence-electron chi connectivity index (χ2n) is 4.25. The molecule has 0 bridgehead atoms. The van der Waals surface area contributed by atoms with Crippen molar-refractivity contribution in [2.24, 2.45) is 0 Å². The van der Waals surface area contributed by atoms with Gasteiger partial charge in [-0.05, 0) is 41.5 Å². The molecule has 0 heterocycles. The van der Waals surface area contributed by atoms with E-state index in [2.05, 4.69) is 30.9 Å². The van der Waals surface area contributed by atoms with Gasteiger partial charge in [0.2, 0.25) is 0 Å². The van der Waals surface area contributed by atoms with Crippen molar-refractivity contribution in [1.82, 2.24) is 0 Å². The van der Waals surface area contributed by atoms with Gasteiger partial charge >= 0.3 is 0 Å². The first kappa shape index (κ1) is 11.6. The number of carbonyl (C=O) groups excluding carboxylic acids is 1. The van der Waals surface area contributed by atoms with E-state index in [1.807, 2.05) is 12.1 Å². The third-order valence-electron chi connectivity index (χ3n) is 2.98. The van der Waals surface area contributed by atoms with E-state index in [9.17, 15) is 4.79 Å². The summed E-state index contributed by atoms with van der Waals surface area (Å²) in [5.74, 6) is 0. The van der Waals surface area contributed by atoms with Gasteiger partial charge in [-0.3, -0.25) is 4.79 Å². The molecule has 0 aliphatic heterocycles. The number of rotatable bonds is 4. The van der Waals surface area contributed by atoms with Crippen LogP contribution in [0.4, 0.5) is 0 Å². The molecular weight excluding hydrogens is 208 g/mol. The Hall–Kier alpha value is -1.89. The van der Waals surface area contributed by atoms with Gasteiger partial charge in [0.25, 0.3) is 0 Å². The normalized spacial score (nSPS) is 14.8. The van der Waals surface area contributed by atoms with Gasteiger partial charge < -0.3 is 0 Å². The summed E-state index contributed by atoms with van der Waals surface area (Å²) in [5, 5.41) is 0. The molecule has 0 radical (unpaired) electrons. The Morgan fingerprint density at radius 3 is 2.88 bits per heavy atom. The molecule has 0 spiro atoms. The Bertz CT molecular complexity index is 492. The van der Waals surface area contributed by atoms with Crippen LogP contribution in [0.25, 0.3) is 6.08 Å². The highest BCUT2D eigenvalue weighted by molar-refractivity contribution is 5.76. The van der Waals surface area contributed by atoms with Crippen LogP contribution < -0.4 is 0 Å². The zero-order valence-corrected chi connectivity index (χ0v) is 9.86. The smallest absolute Gasteiger partial charge is 0.146 e. The van der Waals surface area contributed by atoms with Gasteiger partial charge in [0.1, 0.15) is 6.29 Å². The van der Waals surface area contributed by atoms with Gasteiger partial charge in [-0.2, -0.15) is 0 Å². The third-order valence-corrected chi connectivity index (χ3v) is 2.98. The van der Waals surface area contributed by atoms with Gasteiger partial charge in [-0.25, -0.2) is 0 Å². The summed E-state index contributed by atoms with van der Waals surface area (Å²) >= 11 is 0. The minimum atomic E-state index is 0.641. The Balaban J connectivity index is 2.28. The minimum absolute atomic E-state index is 0.641. The molecule has 2 rings (SSSR count). The van der Waals surface area contributed by atoms with Gasteiger partial charge in [0, 0.05) is 0 Å². The number of hydrogen-bond acceptors (Lipinski definition) is 1. The SMILES string of the molecule is C=CC/C(C=O)=C\C1=Cc2ccccc2CC1. The fourth-order valence-electron chi connectivity index (χ4n) is 2.11. The average molecular weight is 224 g/mol. The largest absolute Gasteiger partial charge is 0.298 e. The van der Waals surface area contributed by atoms with E-state index in [0.29, 0.717) is 6.42 Å². The molecule has 1 aliphatic carbocycles. The maximum atomic E-state index is 10.9. The zero-order valence-electron chi connectivity index (χ0n) is 9.86. The first-order chi connectivity index (χ1) is 8.33. The van der Waals surface area contributed by atoms with Crippen molar-refractivity contribution in [3.05, 3.63) is 65.3 Å². The van der Waals surface area contributed by atoms with Crippen LogP contribution in [0.2, 0.25) is 0 Å². The minimum Gasteiger partial charge on any atom is -0.298 e. The van der Waals surface area contributed by atoms with Crippen molar-refractivity contribution in [1.29, 1.82) is 0 Å². The lowest BCUT2D eigenvalue weighted by Crippen LogP contribution is -1.98. The molecule has 17 heavy (non-hydrogen) atoms. The van der Waals surface area contributed by atoms with Crippen LogP contribution in [0, 0.1) is 0 Å². The molecule has 1 aromatic carbocycles. The molecule has 1 nitrogen and oxygen atoms in total. The van der Waals surface area contributed by atoms with Crippen molar-refractivity contribution in [3.8, 4) is 0 Å². The predicted molar refractivity (Wildman–Crippen MR) is 71.7 cm³/mol. The summed E-state index contributed by atoms with van der Waals surface area (Å²) in [7, 11) is 0. The number of aldehydes is 1. The van der Waals surface area contributed by atoms with Crippen LogP contribution in [0.1, 0.15) is 24.0 Å². The van der Waals surface area contributed by atoms with E-state index >= 15 is 0 Å². The van der Waals surface area contributed by atoms with Crippen LogP contribution >= 0.6 is 0 Å². The zero-order chi connectivity index (χ0) is 12.1. The molecule has 0 N–H and O–H groups in total. The van der Waals surface area contributed by atoms with Crippen LogP contribution in [0.5, 0.6) is 0 Å². The Morgan fingerprint density at radius 2 is 2.12 bits per heavy atom. The first-order valence-corrected chi connectivity index (χ1v) is 5.88. The molecule has 0 fully saturated rings. The topological polar surface area (TPSA) is 17.1 Å². The molecule has 1 aliphatic rings. The average Bonchev–Trinajstić information content (AvgIpc) is 2.38. The second-order valence-corrected chi connectivity index (χ2v) is 4.25. The van der Waals surface area contributed by atoms with Crippen LogP contribution in [-0.4, -0.2) is 6.29 Å². The molecule has 0 atom stereocenters. The van der Waals surface area contributed by atoms with Crippen LogP contribution in [0.3, 0.4) is 0 Å². The van der Waals surface area contributed by atoms with Crippen LogP contribution in [0.15, 0.2) is 54.1 Å². The van der Waals surface area contributed by atoms with Crippen LogP contribution in [-0.2, 0) is 11.2 Å². The second kappa shape index (κ2) is 5.44. The van der Waals surface area contributed by atoms with E-state index in [4.69, 9.17) is 0 Å². The summed E-state index contributed by atoms with van der Waals surface area (Å²) in [5.41, 5.74) is 4.69. The van der Waals surface area contributed by atoms with Gasteiger partial charge in [-0.1, -0.05) is 42.5 Å². The number of benzene rings is 1. The van der Waals surface area contributed by atoms with Crippen molar-refractivity contribution in [3.63, 3.8) is 0 Å². The Kier molecular flexibility index (Phi) is 3.71. The predicted octanol–water partition coefficient (Wildman–Crippen LogP) is 3.72. The molecule has 1 aromatic rings. The van der Waals surface area contributed by atoms with Gasteiger partial charge in [0.15, 0.2) is 0 Å². The lowest BCUT2D eigenvalue weighted by molar-refractivity contribution is -0.105. The molecule has 0 saturated carbocycles. The van der Waals surface area contributed by atoms with Gasteiger partial charge in [-0.15, -0.1) is 6.58 Å². The summed E-state index contributed by atoms with van der Waals surface area (Å²) < 4.78 is 0. The Labute approximate surface area is 102 Å². The Morgan fingerprint density at radius 1 is 1.29 bits per heavy atom. The van der Waals surface area contributed by atoms with Crippen molar-refractivity contribution >= 4 is 12.4 Å². The molecule has 0 saturated heterocycles. The number of allylic oxidation sites excluding steroid dienone is 4. The van der Waals surface area contributed by atoms with E-state index in [0.717, 1.165) is 24.7 Å². The third kappa shape index (κ3) is 2.82. The number of aryl methyl sites for hydroxylation is 1. The van der Waals surface area contributed by atoms with E-state index in [-0.39, 0.29) is 0 Å². The molecule has 0 unspecified atom stereocenters. The van der Waals surface area contributed by atoms with Crippen molar-refractivity contribution in [2.45, 2.75) is 19.3 Å². The van der Waals surface area contributed by atoms with Crippen molar-refractivity contribution in [2.75, 3.05) is 0 Å². The van der Waals surface area contributed by atoms with E-state index in [1.54, 1.807) is 6.08 Å². The number of carbonyl (C=O) groups is 1. The number of hydrogen-bond donors (Lipinski definition) is 0. The van der Waals surface area contributed by atoms with E-state index in [1.165, 1.54) is 16.7 Å². The van der Waals surface area contributed by atoms with E-state index < -0.39 is 0 Å². The highest BCUT2D eigenvalue weighted by Crippen LogP contribution is 2.25. The lowest BCUT2D eigenvalue weighted by atomic mass is 9.91. The quantitative estimate of drug-likeness (QED) is 0.433. The first-order valence-electron chi connectivity index (χ1n) is 5.88. The lowest BCUT2D eigenvalue weighted by Gasteiger charge is -2.14. The molecular formula is C16H16O. The fourth-order valence-corrected chi connectivity index (χ4v) is 2.11. The summed E-state index contributed by atoms with van der Waals surface area (Å²) in [6.07, 6.45) is 9.54. The summed E-state index contributed by atoms with van der Waals surface area (Å²) in [6.45, 7) is 3.66. The maximum Gasteiger partial charge on any atom is 0.146 e. The van der Waals surface area contributed by atoms with Crippen molar-refractivity contribution < 1.29 is 4.79 Å².